The van der Waals surface area contributed by atoms with Crippen LogP contribution in [0.4, 0.5) is 0 Å². The maximum absolute atomic E-state index is 11.4. The van der Waals surface area contributed by atoms with Crippen molar-refractivity contribution in [3.8, 4) is 16.8 Å². The van der Waals surface area contributed by atoms with E-state index in [9.17, 15) is 9.90 Å². The number of carbonyl (C=O) groups excluding carboxylic acids is 1. The number of hydrogen-bond acceptors (Lipinski definition) is 5. The Balaban J connectivity index is 1.27. The Bertz CT molecular complexity index is 1290. The van der Waals surface area contributed by atoms with Crippen molar-refractivity contribution in [1.82, 2.24) is 14.8 Å². The monoisotopic (exact) mass is 440 g/mol. The molecule has 33 heavy (non-hydrogen) atoms. The van der Waals surface area contributed by atoms with Crippen LogP contribution in [0.15, 0.2) is 72.9 Å². The zero-order valence-electron chi connectivity index (χ0n) is 18.2. The number of rotatable bonds is 6. The van der Waals surface area contributed by atoms with Gasteiger partial charge >= 0.3 is 0 Å². The highest BCUT2D eigenvalue weighted by atomic mass is 16.5. The van der Waals surface area contributed by atoms with Gasteiger partial charge in [0.05, 0.1) is 24.6 Å². The third kappa shape index (κ3) is 4.16. The van der Waals surface area contributed by atoms with Crippen LogP contribution in [0.3, 0.4) is 0 Å². The SMILES string of the molecule is Cc1cc(C(N)=O)nn1-c1ccc(Cc2ccc(-c3ccc(C4(O)COC4)nc3)cc2)cc1. The fourth-order valence-electron chi connectivity index (χ4n) is 3.95. The molecule has 1 saturated heterocycles. The summed E-state index contributed by atoms with van der Waals surface area (Å²) < 4.78 is 6.82. The molecule has 0 saturated carbocycles. The number of nitrogens with two attached hydrogens (primary N) is 1. The lowest BCUT2D eigenvalue weighted by Crippen LogP contribution is -2.47. The number of primary amides is 1. The third-order valence-corrected chi connectivity index (χ3v) is 5.94. The topological polar surface area (TPSA) is 103 Å². The molecule has 1 aliphatic heterocycles. The number of hydrogen-bond donors (Lipinski definition) is 2. The number of nitrogens with zero attached hydrogens (tertiary/aromatic N) is 3. The van der Waals surface area contributed by atoms with Gasteiger partial charge in [-0.3, -0.25) is 9.78 Å². The summed E-state index contributed by atoms with van der Waals surface area (Å²) in [6.07, 6.45) is 2.59. The standard InChI is InChI=1S/C26H24N4O3/c1-17-12-23(25(27)31)29-30(17)22-9-4-19(5-10-22)13-18-2-6-20(7-3-18)21-8-11-24(28-14-21)26(32)15-33-16-26/h2-12,14,32H,13,15-16H2,1H3,(H2,27,31). The first kappa shape index (κ1) is 21.1. The first-order valence-electron chi connectivity index (χ1n) is 10.7. The summed E-state index contributed by atoms with van der Waals surface area (Å²) in [5, 5.41) is 14.6. The Kier molecular flexibility index (Phi) is 5.28. The lowest BCUT2D eigenvalue weighted by atomic mass is 9.96. The minimum Gasteiger partial charge on any atom is -0.379 e. The summed E-state index contributed by atoms with van der Waals surface area (Å²) in [6, 6.07) is 22.0. The molecule has 7 nitrogen and oxygen atoms in total. The molecule has 5 rings (SSSR count). The first-order valence-corrected chi connectivity index (χ1v) is 10.7. The third-order valence-electron chi connectivity index (χ3n) is 5.94. The second kappa shape index (κ2) is 8.27. The molecular weight excluding hydrogens is 416 g/mol. The zero-order valence-corrected chi connectivity index (χ0v) is 18.2. The zero-order chi connectivity index (χ0) is 23.0. The van der Waals surface area contributed by atoms with Crippen LogP contribution in [0, 0.1) is 6.92 Å². The second-order valence-electron chi connectivity index (χ2n) is 8.44. The van der Waals surface area contributed by atoms with E-state index in [1.54, 1.807) is 16.9 Å². The lowest BCUT2D eigenvalue weighted by Gasteiger charge is -2.35. The lowest BCUT2D eigenvalue weighted by molar-refractivity contribution is -0.186. The van der Waals surface area contributed by atoms with Crippen molar-refractivity contribution in [3.63, 3.8) is 0 Å². The van der Waals surface area contributed by atoms with Crippen molar-refractivity contribution in [3.05, 3.63) is 101 Å². The molecule has 3 N–H and O–H groups in total. The number of carbonyl (C=O) groups is 1. The molecule has 4 aromatic rings. The molecule has 0 bridgehead atoms. The molecule has 0 radical (unpaired) electrons. The molecule has 3 heterocycles. The van der Waals surface area contributed by atoms with E-state index in [0.29, 0.717) is 18.9 Å². The number of amides is 1. The molecule has 2 aromatic carbocycles. The van der Waals surface area contributed by atoms with E-state index in [-0.39, 0.29) is 5.69 Å². The minimum absolute atomic E-state index is 0.259. The van der Waals surface area contributed by atoms with E-state index in [2.05, 4.69) is 46.5 Å². The van der Waals surface area contributed by atoms with Crippen LogP contribution in [0.5, 0.6) is 0 Å². The van der Waals surface area contributed by atoms with E-state index in [0.717, 1.165) is 28.9 Å². The molecule has 0 aliphatic carbocycles. The smallest absolute Gasteiger partial charge is 0.269 e. The largest absolute Gasteiger partial charge is 0.379 e. The van der Waals surface area contributed by atoms with E-state index in [1.807, 2.05) is 31.2 Å². The van der Waals surface area contributed by atoms with E-state index in [4.69, 9.17) is 10.5 Å². The molecule has 2 aromatic heterocycles. The number of aliphatic hydroxyl groups is 1. The summed E-state index contributed by atoms with van der Waals surface area (Å²) in [6.45, 7) is 2.48. The number of pyridine rings is 1. The van der Waals surface area contributed by atoms with E-state index in [1.165, 1.54) is 11.1 Å². The molecule has 166 valence electrons. The highest BCUT2D eigenvalue weighted by Gasteiger charge is 2.39. The molecule has 1 amide bonds. The average Bonchev–Trinajstić information content (AvgIpc) is 3.21. The summed E-state index contributed by atoms with van der Waals surface area (Å²) in [5.74, 6) is -0.533. The van der Waals surface area contributed by atoms with Gasteiger partial charge in [0.1, 0.15) is 0 Å². The fraction of sp³-hybridized carbons (Fsp3) is 0.192. The molecular formula is C26H24N4O3. The Morgan fingerprint density at radius 3 is 2.18 bits per heavy atom. The van der Waals surface area contributed by atoms with E-state index >= 15 is 0 Å². The van der Waals surface area contributed by atoms with Crippen LogP contribution >= 0.6 is 0 Å². The predicted octanol–water partition coefficient (Wildman–Crippen LogP) is 3.15. The Morgan fingerprint density at radius 2 is 1.67 bits per heavy atom. The Hall–Kier alpha value is -3.81. The summed E-state index contributed by atoms with van der Waals surface area (Å²) >= 11 is 0. The van der Waals surface area contributed by atoms with Crippen LogP contribution in [0.1, 0.15) is 33.0 Å². The van der Waals surface area contributed by atoms with Crippen molar-refractivity contribution >= 4 is 5.91 Å². The van der Waals surface area contributed by atoms with Crippen LogP contribution in [0.25, 0.3) is 16.8 Å². The minimum atomic E-state index is -0.946. The number of ether oxygens (including phenoxy) is 1. The maximum atomic E-state index is 11.4. The van der Waals surface area contributed by atoms with Crippen molar-refractivity contribution in [2.75, 3.05) is 13.2 Å². The van der Waals surface area contributed by atoms with E-state index < -0.39 is 11.5 Å². The van der Waals surface area contributed by atoms with Gasteiger partial charge < -0.3 is 15.6 Å². The highest BCUT2D eigenvalue weighted by Crippen LogP contribution is 2.29. The first-order chi connectivity index (χ1) is 15.9. The van der Waals surface area contributed by atoms with Gasteiger partial charge in [-0.1, -0.05) is 42.5 Å². The van der Waals surface area contributed by atoms with Gasteiger partial charge in [-0.2, -0.15) is 5.10 Å². The molecule has 0 spiro atoms. The Labute approximate surface area is 191 Å². The quantitative estimate of drug-likeness (QED) is 0.479. The summed E-state index contributed by atoms with van der Waals surface area (Å²) in [4.78, 5) is 15.8. The van der Waals surface area contributed by atoms with Crippen molar-refractivity contribution < 1.29 is 14.6 Å². The molecule has 7 heteroatoms. The molecule has 0 atom stereocenters. The van der Waals surface area contributed by atoms with Crippen molar-refractivity contribution in [2.24, 2.45) is 5.73 Å². The van der Waals surface area contributed by atoms with Gasteiger partial charge in [0.25, 0.3) is 5.91 Å². The normalized spacial score (nSPS) is 14.6. The predicted molar refractivity (Wildman–Crippen MR) is 124 cm³/mol. The van der Waals surface area contributed by atoms with Crippen molar-refractivity contribution in [1.29, 1.82) is 0 Å². The van der Waals surface area contributed by atoms with Crippen LogP contribution in [0.2, 0.25) is 0 Å². The summed E-state index contributed by atoms with van der Waals surface area (Å²) in [7, 11) is 0. The van der Waals surface area contributed by atoms with Crippen LogP contribution in [-0.4, -0.2) is 39.0 Å². The van der Waals surface area contributed by atoms with Crippen LogP contribution < -0.4 is 5.73 Å². The van der Waals surface area contributed by atoms with Gasteiger partial charge in [-0.05, 0) is 54.3 Å². The van der Waals surface area contributed by atoms with Crippen molar-refractivity contribution in [2.45, 2.75) is 18.9 Å². The number of aryl methyl sites for hydroxylation is 1. The molecule has 0 unspecified atom stereocenters. The molecule has 1 fully saturated rings. The van der Waals surface area contributed by atoms with Gasteiger partial charge in [0.2, 0.25) is 0 Å². The Morgan fingerprint density at radius 1 is 1.03 bits per heavy atom. The van der Waals surface area contributed by atoms with Gasteiger partial charge in [-0.25, -0.2) is 4.68 Å². The number of aromatic nitrogens is 3. The number of benzene rings is 2. The maximum Gasteiger partial charge on any atom is 0.269 e. The van der Waals surface area contributed by atoms with Crippen LogP contribution in [-0.2, 0) is 16.8 Å². The van der Waals surface area contributed by atoms with Gasteiger partial charge in [-0.15, -0.1) is 0 Å². The fourth-order valence-corrected chi connectivity index (χ4v) is 3.95. The van der Waals surface area contributed by atoms with Gasteiger partial charge in [0.15, 0.2) is 11.3 Å². The summed E-state index contributed by atoms with van der Waals surface area (Å²) in [5.41, 5.74) is 11.5. The average molecular weight is 441 g/mol. The second-order valence-corrected chi connectivity index (χ2v) is 8.44. The highest BCUT2D eigenvalue weighted by molar-refractivity contribution is 5.90. The van der Waals surface area contributed by atoms with Gasteiger partial charge in [0, 0.05) is 17.5 Å². The molecule has 1 aliphatic rings.